The molecule has 0 spiro atoms. The van der Waals surface area contributed by atoms with Crippen molar-refractivity contribution in [1.82, 2.24) is 4.90 Å². The number of aliphatic hydroxyl groups excluding tert-OH is 1. The van der Waals surface area contributed by atoms with E-state index in [9.17, 15) is 9.90 Å². The number of ether oxygens (including phenoxy) is 1. The second-order valence-corrected chi connectivity index (χ2v) is 5.39. The molecule has 0 unspecified atom stereocenters. The van der Waals surface area contributed by atoms with Crippen LogP contribution in [-0.2, 0) is 11.2 Å². The maximum Gasteiger partial charge on any atom is 0.410 e. The van der Waals surface area contributed by atoms with Crippen molar-refractivity contribution in [1.29, 1.82) is 0 Å². The van der Waals surface area contributed by atoms with Gasteiger partial charge in [-0.05, 0) is 17.5 Å². The molecule has 2 atom stereocenters. The standard InChI is InChI=1S/C18H19NO3/c20-13-16-17(15-9-5-2-6-10-15)19(18(21)22-16)12-11-14-7-3-1-4-8-14/h1-10,16-17,20H,11-13H2/t16-,17+/m0/s1. The molecule has 4 heteroatoms. The Kier molecular flexibility index (Phi) is 4.39. The number of carbonyl (C=O) groups is 1. The van der Waals surface area contributed by atoms with Crippen LogP contribution in [-0.4, -0.2) is 35.4 Å². The first-order valence-corrected chi connectivity index (χ1v) is 7.46. The molecule has 2 aromatic carbocycles. The van der Waals surface area contributed by atoms with Crippen molar-refractivity contribution in [3.8, 4) is 0 Å². The number of carbonyl (C=O) groups excluding carboxylic acids is 1. The predicted molar refractivity (Wildman–Crippen MR) is 83.4 cm³/mol. The Hall–Kier alpha value is -2.33. The van der Waals surface area contributed by atoms with Gasteiger partial charge >= 0.3 is 6.09 Å². The molecule has 0 aliphatic carbocycles. The molecule has 114 valence electrons. The highest BCUT2D eigenvalue weighted by molar-refractivity contribution is 5.71. The summed E-state index contributed by atoms with van der Waals surface area (Å²) < 4.78 is 5.32. The van der Waals surface area contributed by atoms with E-state index in [1.54, 1.807) is 4.90 Å². The number of aliphatic hydroxyl groups is 1. The average Bonchev–Trinajstić information content (AvgIpc) is 2.90. The normalized spacial score (nSPS) is 21.0. The summed E-state index contributed by atoms with van der Waals surface area (Å²) in [5.74, 6) is 0. The van der Waals surface area contributed by atoms with Crippen molar-refractivity contribution in [3.63, 3.8) is 0 Å². The number of amides is 1. The number of hydrogen-bond donors (Lipinski definition) is 1. The fourth-order valence-corrected chi connectivity index (χ4v) is 2.88. The van der Waals surface area contributed by atoms with Gasteiger partial charge in [-0.2, -0.15) is 0 Å². The van der Waals surface area contributed by atoms with Gasteiger partial charge in [-0.1, -0.05) is 60.7 Å². The van der Waals surface area contributed by atoms with Crippen LogP contribution in [0.3, 0.4) is 0 Å². The summed E-state index contributed by atoms with van der Waals surface area (Å²) in [4.78, 5) is 13.9. The van der Waals surface area contributed by atoms with E-state index in [4.69, 9.17) is 4.74 Å². The Balaban J connectivity index is 1.79. The van der Waals surface area contributed by atoms with Crippen LogP contribution in [0, 0.1) is 0 Å². The topological polar surface area (TPSA) is 49.8 Å². The summed E-state index contributed by atoms with van der Waals surface area (Å²) in [5.41, 5.74) is 2.16. The smallest absolute Gasteiger partial charge is 0.410 e. The van der Waals surface area contributed by atoms with Crippen LogP contribution < -0.4 is 0 Å². The van der Waals surface area contributed by atoms with Crippen molar-refractivity contribution >= 4 is 6.09 Å². The highest BCUT2D eigenvalue weighted by Gasteiger charge is 2.41. The van der Waals surface area contributed by atoms with Crippen LogP contribution in [0.1, 0.15) is 17.2 Å². The third-order valence-electron chi connectivity index (χ3n) is 3.98. The van der Waals surface area contributed by atoms with Gasteiger partial charge in [0.2, 0.25) is 0 Å². The number of rotatable bonds is 5. The Morgan fingerprint density at radius 1 is 1.00 bits per heavy atom. The first-order chi connectivity index (χ1) is 10.8. The largest absolute Gasteiger partial charge is 0.441 e. The van der Waals surface area contributed by atoms with Gasteiger partial charge in [0.05, 0.1) is 12.6 Å². The molecule has 1 N–H and O–H groups in total. The van der Waals surface area contributed by atoms with Gasteiger partial charge in [-0.3, -0.25) is 4.90 Å². The van der Waals surface area contributed by atoms with Crippen molar-refractivity contribution in [2.24, 2.45) is 0 Å². The lowest BCUT2D eigenvalue weighted by atomic mass is 10.0. The van der Waals surface area contributed by atoms with E-state index in [-0.39, 0.29) is 18.7 Å². The number of cyclic esters (lactones) is 1. The highest BCUT2D eigenvalue weighted by Crippen LogP contribution is 2.33. The second kappa shape index (κ2) is 6.62. The van der Waals surface area contributed by atoms with Crippen molar-refractivity contribution in [2.75, 3.05) is 13.2 Å². The third-order valence-corrected chi connectivity index (χ3v) is 3.98. The molecule has 1 aliphatic rings. The van der Waals surface area contributed by atoms with E-state index < -0.39 is 6.10 Å². The molecular formula is C18H19NO3. The molecule has 2 aromatic rings. The van der Waals surface area contributed by atoms with E-state index in [2.05, 4.69) is 0 Å². The second-order valence-electron chi connectivity index (χ2n) is 5.39. The van der Waals surface area contributed by atoms with Gasteiger partial charge in [-0.25, -0.2) is 4.79 Å². The lowest BCUT2D eigenvalue weighted by Gasteiger charge is -2.24. The molecule has 0 radical (unpaired) electrons. The summed E-state index contributed by atoms with van der Waals surface area (Å²) in [6.07, 6.45) is -0.105. The molecule has 4 nitrogen and oxygen atoms in total. The number of benzene rings is 2. The molecule has 1 fully saturated rings. The summed E-state index contributed by atoms with van der Waals surface area (Å²) in [6.45, 7) is 0.395. The van der Waals surface area contributed by atoms with Crippen LogP contribution in [0.25, 0.3) is 0 Å². The van der Waals surface area contributed by atoms with Gasteiger partial charge in [-0.15, -0.1) is 0 Å². The Labute approximate surface area is 130 Å². The van der Waals surface area contributed by atoms with Crippen LogP contribution in [0.15, 0.2) is 60.7 Å². The van der Waals surface area contributed by atoms with Crippen LogP contribution in [0.5, 0.6) is 0 Å². The summed E-state index contributed by atoms with van der Waals surface area (Å²) in [7, 11) is 0. The van der Waals surface area contributed by atoms with Gasteiger partial charge in [0.15, 0.2) is 6.10 Å². The molecule has 22 heavy (non-hydrogen) atoms. The van der Waals surface area contributed by atoms with E-state index >= 15 is 0 Å². The summed E-state index contributed by atoms with van der Waals surface area (Å²) in [6, 6.07) is 19.5. The maximum absolute atomic E-state index is 12.1. The van der Waals surface area contributed by atoms with Crippen LogP contribution >= 0.6 is 0 Å². The SMILES string of the molecule is O=C1O[C@@H](CO)[C@@H](c2ccccc2)N1CCc1ccccc1. The molecule has 0 saturated carbocycles. The van der Waals surface area contributed by atoms with E-state index in [0.29, 0.717) is 6.54 Å². The Morgan fingerprint density at radius 2 is 1.64 bits per heavy atom. The van der Waals surface area contributed by atoms with E-state index in [1.807, 2.05) is 60.7 Å². The zero-order valence-electron chi connectivity index (χ0n) is 12.3. The summed E-state index contributed by atoms with van der Waals surface area (Å²) >= 11 is 0. The monoisotopic (exact) mass is 297 g/mol. The van der Waals surface area contributed by atoms with Crippen molar-refractivity contribution in [2.45, 2.75) is 18.6 Å². The minimum atomic E-state index is -0.509. The zero-order chi connectivity index (χ0) is 15.4. The quantitative estimate of drug-likeness (QED) is 0.923. The summed E-state index contributed by atoms with van der Waals surface area (Å²) in [5, 5.41) is 9.51. The Morgan fingerprint density at radius 3 is 2.27 bits per heavy atom. The molecule has 0 aromatic heterocycles. The first kappa shape index (κ1) is 14.6. The molecule has 3 rings (SSSR count). The first-order valence-electron chi connectivity index (χ1n) is 7.46. The van der Waals surface area contributed by atoms with Crippen LogP contribution in [0.2, 0.25) is 0 Å². The molecule has 1 heterocycles. The minimum absolute atomic E-state index is 0.173. The molecule has 0 bridgehead atoms. The predicted octanol–water partition coefficient (Wildman–Crippen LogP) is 2.78. The lowest BCUT2D eigenvalue weighted by Crippen LogP contribution is -2.32. The molecule has 1 saturated heterocycles. The average molecular weight is 297 g/mol. The van der Waals surface area contributed by atoms with Crippen molar-refractivity contribution < 1.29 is 14.6 Å². The third kappa shape index (κ3) is 2.97. The highest BCUT2D eigenvalue weighted by atomic mass is 16.6. The fraction of sp³-hybridized carbons (Fsp3) is 0.278. The molecule has 1 amide bonds. The van der Waals surface area contributed by atoms with Crippen LogP contribution in [0.4, 0.5) is 4.79 Å². The molecular weight excluding hydrogens is 278 g/mol. The van der Waals surface area contributed by atoms with Gasteiger partial charge in [0.25, 0.3) is 0 Å². The maximum atomic E-state index is 12.1. The van der Waals surface area contributed by atoms with E-state index in [0.717, 1.165) is 12.0 Å². The number of hydrogen-bond acceptors (Lipinski definition) is 3. The van der Waals surface area contributed by atoms with E-state index in [1.165, 1.54) is 5.56 Å². The lowest BCUT2D eigenvalue weighted by molar-refractivity contribution is 0.0827. The molecule has 1 aliphatic heterocycles. The number of nitrogens with zero attached hydrogens (tertiary/aromatic N) is 1. The minimum Gasteiger partial charge on any atom is -0.441 e. The zero-order valence-corrected chi connectivity index (χ0v) is 12.3. The van der Waals surface area contributed by atoms with Crippen molar-refractivity contribution in [3.05, 3.63) is 71.8 Å². The van der Waals surface area contributed by atoms with Gasteiger partial charge < -0.3 is 9.84 Å². The fourth-order valence-electron chi connectivity index (χ4n) is 2.88. The van der Waals surface area contributed by atoms with Gasteiger partial charge in [0.1, 0.15) is 0 Å². The Bertz CT molecular complexity index is 615. The van der Waals surface area contributed by atoms with Gasteiger partial charge in [0, 0.05) is 6.54 Å².